The largest absolute Gasteiger partial charge is 0.345 e. The molecule has 3 rings (SSSR count). The molecule has 5 nitrogen and oxygen atoms in total. The van der Waals surface area contributed by atoms with Crippen molar-refractivity contribution in [1.29, 1.82) is 0 Å². The van der Waals surface area contributed by atoms with Gasteiger partial charge in [0.05, 0.1) is 12.1 Å². The van der Waals surface area contributed by atoms with Gasteiger partial charge in [-0.3, -0.25) is 4.79 Å². The van der Waals surface area contributed by atoms with Crippen LogP contribution in [0.4, 0.5) is 4.39 Å². The number of fused-ring (bicyclic) bond motifs is 1. The quantitative estimate of drug-likeness (QED) is 0.945. The predicted octanol–water partition coefficient (Wildman–Crippen LogP) is 2.73. The molecule has 1 aliphatic rings. The molecule has 7 heteroatoms. The number of halogens is 2. The molecular formula is C15H16ClFN4O. The van der Waals surface area contributed by atoms with Crippen LogP contribution in [0.25, 0.3) is 0 Å². The van der Waals surface area contributed by atoms with E-state index in [0.717, 1.165) is 31.6 Å². The van der Waals surface area contributed by atoms with Gasteiger partial charge in [-0.2, -0.15) is 0 Å². The van der Waals surface area contributed by atoms with E-state index in [2.05, 4.69) is 15.5 Å². The smallest absolute Gasteiger partial charge is 0.254 e. The number of carbonyl (C=O) groups is 1. The monoisotopic (exact) mass is 322 g/mol. The van der Waals surface area contributed by atoms with Crippen molar-refractivity contribution in [3.63, 3.8) is 0 Å². The second kappa shape index (κ2) is 6.44. The number of rotatable bonds is 3. The van der Waals surface area contributed by atoms with Crippen molar-refractivity contribution >= 4 is 17.5 Å². The number of benzene rings is 1. The van der Waals surface area contributed by atoms with E-state index in [4.69, 9.17) is 11.6 Å². The number of hydrogen-bond donors (Lipinski definition) is 1. The first-order valence-electron chi connectivity index (χ1n) is 7.29. The van der Waals surface area contributed by atoms with Gasteiger partial charge in [-0.15, -0.1) is 10.2 Å². The van der Waals surface area contributed by atoms with Gasteiger partial charge in [0.15, 0.2) is 5.82 Å². The second-order valence-corrected chi connectivity index (χ2v) is 5.74. The normalized spacial score (nSPS) is 14.3. The third kappa shape index (κ3) is 3.11. The molecule has 2 heterocycles. The first-order chi connectivity index (χ1) is 10.6. The van der Waals surface area contributed by atoms with Gasteiger partial charge in [-0.1, -0.05) is 18.0 Å². The van der Waals surface area contributed by atoms with Crippen molar-refractivity contribution in [2.45, 2.75) is 38.8 Å². The highest BCUT2D eigenvalue weighted by Crippen LogP contribution is 2.16. The minimum atomic E-state index is -0.595. The Morgan fingerprint density at radius 2 is 2.18 bits per heavy atom. The minimum absolute atomic E-state index is 0.0666. The van der Waals surface area contributed by atoms with E-state index < -0.39 is 11.7 Å². The van der Waals surface area contributed by atoms with Crippen LogP contribution in [0, 0.1) is 5.82 Å². The summed E-state index contributed by atoms with van der Waals surface area (Å²) in [6, 6.07) is 3.91. The van der Waals surface area contributed by atoms with Gasteiger partial charge >= 0.3 is 0 Å². The van der Waals surface area contributed by atoms with Crippen LogP contribution in [-0.4, -0.2) is 20.7 Å². The second-order valence-electron chi connectivity index (χ2n) is 5.30. The number of amides is 1. The SMILES string of the molecule is O=C(NCc1nnc2n1CCCCC2)c1cc(Cl)ccc1F. The maximum absolute atomic E-state index is 13.7. The summed E-state index contributed by atoms with van der Waals surface area (Å²) in [7, 11) is 0. The molecule has 0 aliphatic carbocycles. The number of nitrogens with zero attached hydrogens (tertiary/aromatic N) is 3. The molecule has 116 valence electrons. The summed E-state index contributed by atoms with van der Waals surface area (Å²) in [6.07, 6.45) is 4.26. The highest BCUT2D eigenvalue weighted by atomic mass is 35.5. The van der Waals surface area contributed by atoms with Crippen molar-refractivity contribution in [3.8, 4) is 0 Å². The van der Waals surface area contributed by atoms with Gasteiger partial charge in [0.1, 0.15) is 11.6 Å². The van der Waals surface area contributed by atoms with Crippen molar-refractivity contribution in [2.75, 3.05) is 0 Å². The number of hydrogen-bond acceptors (Lipinski definition) is 3. The van der Waals surface area contributed by atoms with Crippen LogP contribution < -0.4 is 5.32 Å². The Kier molecular flexibility index (Phi) is 4.38. The number of aromatic nitrogens is 3. The van der Waals surface area contributed by atoms with E-state index in [1.807, 2.05) is 4.57 Å². The molecule has 1 aromatic carbocycles. The molecule has 1 aliphatic heterocycles. The summed E-state index contributed by atoms with van der Waals surface area (Å²) < 4.78 is 15.7. The molecule has 0 fully saturated rings. The first-order valence-corrected chi connectivity index (χ1v) is 7.67. The lowest BCUT2D eigenvalue weighted by Crippen LogP contribution is -2.25. The Labute approximate surface area is 132 Å². The molecule has 0 bridgehead atoms. The zero-order valence-corrected chi connectivity index (χ0v) is 12.7. The van der Waals surface area contributed by atoms with Gasteiger partial charge in [-0.05, 0) is 31.0 Å². The van der Waals surface area contributed by atoms with Crippen LogP contribution in [0.15, 0.2) is 18.2 Å². The number of carbonyl (C=O) groups excluding carboxylic acids is 1. The van der Waals surface area contributed by atoms with Crippen molar-refractivity contribution in [1.82, 2.24) is 20.1 Å². The van der Waals surface area contributed by atoms with Crippen molar-refractivity contribution in [3.05, 3.63) is 46.3 Å². The Bertz CT molecular complexity index is 701. The third-order valence-corrected chi connectivity index (χ3v) is 4.00. The molecule has 0 spiro atoms. The number of nitrogens with one attached hydrogen (secondary N) is 1. The van der Waals surface area contributed by atoms with Crippen molar-refractivity contribution < 1.29 is 9.18 Å². The summed E-state index contributed by atoms with van der Waals surface area (Å²) in [6.45, 7) is 1.08. The van der Waals surface area contributed by atoms with Gasteiger partial charge in [0, 0.05) is 18.0 Å². The maximum atomic E-state index is 13.7. The van der Waals surface area contributed by atoms with Crippen LogP contribution in [0.5, 0.6) is 0 Å². The molecule has 22 heavy (non-hydrogen) atoms. The topological polar surface area (TPSA) is 59.8 Å². The average molecular weight is 323 g/mol. The molecule has 1 aromatic heterocycles. The Morgan fingerprint density at radius 3 is 3.05 bits per heavy atom. The Morgan fingerprint density at radius 1 is 1.32 bits per heavy atom. The van der Waals surface area contributed by atoms with Gasteiger partial charge in [0.25, 0.3) is 5.91 Å². The molecule has 0 saturated heterocycles. The molecule has 1 amide bonds. The fourth-order valence-electron chi connectivity index (χ4n) is 2.60. The molecule has 0 atom stereocenters. The fourth-order valence-corrected chi connectivity index (χ4v) is 2.77. The van der Waals surface area contributed by atoms with Crippen LogP contribution in [-0.2, 0) is 19.5 Å². The lowest BCUT2D eigenvalue weighted by molar-refractivity contribution is 0.0945. The van der Waals surface area contributed by atoms with E-state index in [1.165, 1.54) is 24.6 Å². The summed E-state index contributed by atoms with van der Waals surface area (Å²) in [4.78, 5) is 12.1. The molecule has 0 radical (unpaired) electrons. The Hall–Kier alpha value is -1.95. The Balaban J connectivity index is 1.71. The van der Waals surface area contributed by atoms with Gasteiger partial charge in [-0.25, -0.2) is 4.39 Å². The van der Waals surface area contributed by atoms with E-state index in [9.17, 15) is 9.18 Å². The zero-order chi connectivity index (χ0) is 15.5. The molecule has 1 N–H and O–H groups in total. The van der Waals surface area contributed by atoms with Gasteiger partial charge in [0.2, 0.25) is 0 Å². The first kappa shape index (κ1) is 15.0. The maximum Gasteiger partial charge on any atom is 0.254 e. The summed E-state index contributed by atoms with van der Waals surface area (Å²) >= 11 is 5.80. The lowest BCUT2D eigenvalue weighted by Gasteiger charge is -2.09. The van der Waals surface area contributed by atoms with E-state index in [0.29, 0.717) is 10.8 Å². The van der Waals surface area contributed by atoms with E-state index >= 15 is 0 Å². The summed E-state index contributed by atoms with van der Waals surface area (Å²) in [5.74, 6) is 0.552. The zero-order valence-electron chi connectivity index (χ0n) is 12.0. The van der Waals surface area contributed by atoms with Crippen LogP contribution in [0.3, 0.4) is 0 Å². The molecule has 2 aromatic rings. The minimum Gasteiger partial charge on any atom is -0.345 e. The van der Waals surface area contributed by atoms with Crippen LogP contribution >= 0.6 is 11.6 Å². The summed E-state index contributed by atoms with van der Waals surface area (Å²) in [5.41, 5.74) is -0.0666. The van der Waals surface area contributed by atoms with E-state index in [1.54, 1.807) is 0 Å². The lowest BCUT2D eigenvalue weighted by atomic mass is 10.2. The highest BCUT2D eigenvalue weighted by molar-refractivity contribution is 6.30. The fraction of sp³-hybridized carbons (Fsp3) is 0.400. The van der Waals surface area contributed by atoms with Crippen LogP contribution in [0.1, 0.15) is 41.3 Å². The molecular weight excluding hydrogens is 307 g/mol. The van der Waals surface area contributed by atoms with Gasteiger partial charge < -0.3 is 9.88 Å². The highest BCUT2D eigenvalue weighted by Gasteiger charge is 2.17. The summed E-state index contributed by atoms with van der Waals surface area (Å²) in [5, 5.41) is 11.3. The molecule has 0 saturated carbocycles. The van der Waals surface area contributed by atoms with E-state index in [-0.39, 0.29) is 12.1 Å². The number of aryl methyl sites for hydroxylation is 1. The predicted molar refractivity (Wildman–Crippen MR) is 80.2 cm³/mol. The average Bonchev–Trinajstić information content (AvgIpc) is 2.74. The van der Waals surface area contributed by atoms with Crippen LogP contribution in [0.2, 0.25) is 5.02 Å². The standard InChI is InChI=1S/C15H16ClFN4O/c16-10-5-6-12(17)11(8-10)15(22)18-9-14-20-19-13-4-2-1-3-7-21(13)14/h5-6,8H,1-4,7,9H2,(H,18,22). The van der Waals surface area contributed by atoms with Crippen molar-refractivity contribution in [2.24, 2.45) is 0 Å². The third-order valence-electron chi connectivity index (χ3n) is 3.77. The molecule has 0 unspecified atom stereocenters.